The van der Waals surface area contributed by atoms with Crippen LogP contribution in [0.1, 0.15) is 0 Å². The lowest BCUT2D eigenvalue weighted by Gasteiger charge is -2.19. The van der Waals surface area contributed by atoms with Crippen LogP contribution in [0, 0.1) is 0 Å². The smallest absolute Gasteiger partial charge is 0.141 e. The lowest BCUT2D eigenvalue weighted by atomic mass is 9.64. The van der Waals surface area contributed by atoms with E-state index < -0.39 is 0 Å². The average Bonchev–Trinajstić information content (AvgIpc) is 4.06. The molecule has 0 N–H and O–H groups in total. The fraction of sp³-hybridized carbons (Fsp3) is 0. The van der Waals surface area contributed by atoms with Gasteiger partial charge in [0.15, 0.2) is 0 Å². The fourth-order valence-corrected chi connectivity index (χ4v) is 12.1. The summed E-state index contributed by atoms with van der Waals surface area (Å²) in [4.78, 5) is 0. The van der Waals surface area contributed by atoms with Gasteiger partial charge in [-0.1, -0.05) is 166 Å². The van der Waals surface area contributed by atoms with Crippen LogP contribution in [0.15, 0.2) is 194 Å². The number of nitrogens with zero attached hydrogens (tertiary/aromatic N) is 3. The highest BCUT2D eigenvalue weighted by Gasteiger charge is 2.26. The summed E-state index contributed by atoms with van der Waals surface area (Å²) >= 11 is 0. The van der Waals surface area contributed by atoms with Crippen molar-refractivity contribution in [3.63, 3.8) is 0 Å². The molecular formula is C60H46B7N3. The van der Waals surface area contributed by atoms with Gasteiger partial charge in [-0.05, 0) is 93.9 Å². The first-order valence-electron chi connectivity index (χ1n) is 24.6. The van der Waals surface area contributed by atoms with E-state index in [2.05, 4.69) is 263 Å². The lowest BCUT2D eigenvalue weighted by molar-refractivity contribution is 1.17. The first-order valence-corrected chi connectivity index (χ1v) is 24.6. The molecule has 0 aliphatic carbocycles. The molecule has 10 heteroatoms. The third kappa shape index (κ3) is 6.12. The van der Waals surface area contributed by atoms with Gasteiger partial charge in [-0.15, -0.1) is 5.46 Å². The molecule has 0 saturated heterocycles. The molecule has 10 aromatic carbocycles. The highest BCUT2D eigenvalue weighted by atomic mass is 15.0. The van der Waals surface area contributed by atoms with E-state index in [1.807, 2.05) is 0 Å². The van der Waals surface area contributed by atoms with Crippen molar-refractivity contribution < 1.29 is 0 Å². The number of benzene rings is 10. The minimum atomic E-state index is 1.16. The molecule has 13 rings (SSSR count). The van der Waals surface area contributed by atoms with Crippen molar-refractivity contribution in [1.82, 2.24) is 13.7 Å². The summed E-state index contributed by atoms with van der Waals surface area (Å²) in [5.41, 5.74) is 27.7. The van der Waals surface area contributed by atoms with E-state index in [9.17, 15) is 0 Å². The van der Waals surface area contributed by atoms with Gasteiger partial charge in [0, 0.05) is 54.9 Å². The van der Waals surface area contributed by atoms with E-state index in [1.54, 1.807) is 0 Å². The van der Waals surface area contributed by atoms with Gasteiger partial charge in [0.2, 0.25) is 0 Å². The number of fused-ring (bicyclic) bond motifs is 9. The largest absolute Gasteiger partial charge is 0.310 e. The van der Waals surface area contributed by atoms with Gasteiger partial charge in [0.1, 0.15) is 54.9 Å². The van der Waals surface area contributed by atoms with Crippen molar-refractivity contribution in [1.29, 1.82) is 0 Å². The number of hydrogen-bond acceptors (Lipinski definition) is 0. The summed E-state index contributed by atoms with van der Waals surface area (Å²) in [6.07, 6.45) is 0. The van der Waals surface area contributed by atoms with Gasteiger partial charge in [-0.25, -0.2) is 0 Å². The summed E-state index contributed by atoms with van der Waals surface area (Å²) < 4.78 is 7.52. The quantitative estimate of drug-likeness (QED) is 0.226. The van der Waals surface area contributed by atoms with E-state index in [-0.39, 0.29) is 0 Å². The van der Waals surface area contributed by atoms with Gasteiger partial charge in [-0.2, -0.15) is 0 Å². The predicted molar refractivity (Wildman–Crippen MR) is 323 cm³/mol. The normalized spacial score (nSPS) is 11.8. The molecule has 0 fully saturated rings. The standard InChI is InChI=1S/C60H46B7N3/c61-52-49(36-25-28-46-42(30-36)41-27-24-35(33-14-4-1-5-15-33)31-48(41)68(46)37-18-8-3-9-19-37)53(62)57(66)59-50(52)51-54(63)55(64)56(65)58(67)60(51)69(59)38-26-29-47-43(32-38)40-21-11-13-23-45(40)70(47)44-22-12-10-20-39(44)34-16-6-2-7-17-34/h1-32H,61-67H2. The Balaban J connectivity index is 1.06. The second-order valence-electron chi connectivity index (χ2n) is 19.5. The van der Waals surface area contributed by atoms with Crippen LogP contribution in [0.3, 0.4) is 0 Å². The maximum absolute atomic E-state index is 2.61. The Labute approximate surface area is 414 Å². The number of aromatic nitrogens is 3. The van der Waals surface area contributed by atoms with Crippen molar-refractivity contribution in [2.24, 2.45) is 0 Å². The minimum absolute atomic E-state index is 1.16. The van der Waals surface area contributed by atoms with Gasteiger partial charge in [0.05, 0.1) is 27.8 Å². The molecule has 0 spiro atoms. The molecule has 3 heterocycles. The van der Waals surface area contributed by atoms with Crippen LogP contribution in [-0.4, -0.2) is 68.6 Å². The van der Waals surface area contributed by atoms with Crippen LogP contribution < -0.4 is 38.2 Å². The van der Waals surface area contributed by atoms with E-state index in [0.29, 0.717) is 0 Å². The van der Waals surface area contributed by atoms with Crippen molar-refractivity contribution in [3.8, 4) is 50.4 Å². The first-order chi connectivity index (χ1) is 34.2. The Hall–Kier alpha value is -7.95. The third-order valence-electron chi connectivity index (χ3n) is 16.0. The van der Waals surface area contributed by atoms with Gasteiger partial charge in [-0.3, -0.25) is 0 Å². The monoisotopic (exact) mass is 885 g/mol. The van der Waals surface area contributed by atoms with Crippen LogP contribution in [0.4, 0.5) is 0 Å². The Kier molecular flexibility index (Phi) is 9.68. The zero-order valence-electron chi connectivity index (χ0n) is 40.8. The topological polar surface area (TPSA) is 14.8 Å². The lowest BCUT2D eigenvalue weighted by Crippen LogP contribution is -2.48. The van der Waals surface area contributed by atoms with E-state index in [4.69, 9.17) is 0 Å². The van der Waals surface area contributed by atoms with E-state index >= 15 is 0 Å². The summed E-state index contributed by atoms with van der Waals surface area (Å²) in [7, 11) is 16.4. The molecule has 0 saturated carbocycles. The van der Waals surface area contributed by atoms with Crippen molar-refractivity contribution in [2.45, 2.75) is 0 Å². The molecule has 3 aromatic heterocycles. The SMILES string of the molecule is Bc1c(B)c(B)c2c(c1B)c1c(B)c(-c3ccc4c(c3)c3ccc(-c5ccccc5)cc3n4-c3ccccc3)c(B)c(B)c1n2-c1ccc2c(c1)c1ccccc1n2-c1ccccc1-c1ccccc1. The molecule has 0 aliphatic rings. The Morgan fingerprint density at radius 2 is 0.814 bits per heavy atom. The summed E-state index contributed by atoms with van der Waals surface area (Å²) in [6, 6.07) is 71.4. The molecular weight excluding hydrogens is 838 g/mol. The zero-order chi connectivity index (χ0) is 47.5. The second-order valence-corrected chi connectivity index (χ2v) is 19.5. The third-order valence-corrected chi connectivity index (χ3v) is 16.0. The molecule has 0 atom stereocenters. The first kappa shape index (κ1) is 42.2. The highest BCUT2D eigenvalue weighted by Crippen LogP contribution is 2.40. The van der Waals surface area contributed by atoms with Crippen LogP contribution in [0.5, 0.6) is 0 Å². The Morgan fingerprint density at radius 1 is 0.271 bits per heavy atom. The molecule has 0 radical (unpaired) electrons. The van der Waals surface area contributed by atoms with E-state index in [1.165, 1.54) is 148 Å². The highest BCUT2D eigenvalue weighted by molar-refractivity contribution is 6.69. The molecule has 70 heavy (non-hydrogen) atoms. The molecule has 0 aliphatic heterocycles. The van der Waals surface area contributed by atoms with Gasteiger partial charge in [0.25, 0.3) is 0 Å². The zero-order valence-corrected chi connectivity index (χ0v) is 40.8. The van der Waals surface area contributed by atoms with Crippen LogP contribution in [-0.2, 0) is 0 Å². The number of hydrogen-bond donors (Lipinski definition) is 0. The second kappa shape index (κ2) is 16.1. The molecule has 13 aromatic rings. The van der Waals surface area contributed by atoms with Crippen molar-refractivity contribution >= 4 is 159 Å². The number of rotatable bonds is 6. The molecule has 0 unspecified atom stereocenters. The fourth-order valence-electron chi connectivity index (χ4n) is 12.1. The minimum Gasteiger partial charge on any atom is -0.310 e. The maximum Gasteiger partial charge on any atom is 0.141 e. The van der Waals surface area contributed by atoms with Crippen LogP contribution in [0.2, 0.25) is 0 Å². The Bertz CT molecular complexity index is 4310. The molecule has 0 amide bonds. The summed E-state index contributed by atoms with van der Waals surface area (Å²) in [6.45, 7) is 0. The van der Waals surface area contributed by atoms with E-state index in [0.717, 1.165) is 5.69 Å². The van der Waals surface area contributed by atoms with Gasteiger partial charge >= 0.3 is 0 Å². The molecule has 322 valence electrons. The van der Waals surface area contributed by atoms with Crippen molar-refractivity contribution in [3.05, 3.63) is 194 Å². The van der Waals surface area contributed by atoms with Crippen molar-refractivity contribution in [2.75, 3.05) is 0 Å². The summed E-state index contributed by atoms with van der Waals surface area (Å²) in [5.74, 6) is 0. The predicted octanol–water partition coefficient (Wildman–Crippen LogP) is 3.79. The average molecular weight is 885 g/mol. The van der Waals surface area contributed by atoms with Crippen LogP contribution in [0.25, 0.3) is 116 Å². The van der Waals surface area contributed by atoms with Gasteiger partial charge < -0.3 is 13.7 Å². The molecule has 3 nitrogen and oxygen atoms in total. The summed E-state index contributed by atoms with van der Waals surface area (Å²) in [5, 5.41) is 7.69. The maximum atomic E-state index is 2.61. The number of para-hydroxylation sites is 3. The Morgan fingerprint density at radius 3 is 1.57 bits per heavy atom. The molecule has 0 bridgehead atoms. The van der Waals surface area contributed by atoms with Crippen LogP contribution >= 0.6 is 0 Å².